The second kappa shape index (κ2) is 3.37. The summed E-state index contributed by atoms with van der Waals surface area (Å²) < 4.78 is 5.17. The Labute approximate surface area is 80.6 Å². The molecule has 0 saturated carbocycles. The number of hydrogen-bond donors (Lipinski definition) is 2. The smallest absolute Gasteiger partial charge is 0.242 e. The van der Waals surface area contributed by atoms with E-state index in [4.69, 9.17) is 10.5 Å². The molecule has 0 fully saturated rings. The minimum Gasteiger partial charge on any atom is -0.444 e. The monoisotopic (exact) mass is 191 g/mol. The molecule has 1 aromatic rings. The average molecular weight is 191 g/mol. The number of nitrogens with zero attached hydrogens (tertiary/aromatic N) is 1. The number of rotatable bonds is 2. The van der Waals surface area contributed by atoms with E-state index in [-0.39, 0.29) is 0 Å². The molecule has 0 spiro atoms. The predicted octanol–water partition coefficient (Wildman–Crippen LogP) is 0.0752. The van der Waals surface area contributed by atoms with E-state index >= 15 is 0 Å². The zero-order chi connectivity index (χ0) is 9.97. The summed E-state index contributed by atoms with van der Waals surface area (Å²) in [6, 6.07) is 7.05. The SMILES string of the molecule is Nc1ccc(C2=NNC(C=O)O2)cc1. The first kappa shape index (κ1) is 8.55. The number of hydrogen-bond acceptors (Lipinski definition) is 5. The van der Waals surface area contributed by atoms with Crippen LogP contribution in [0.15, 0.2) is 29.4 Å². The van der Waals surface area contributed by atoms with Gasteiger partial charge in [0.2, 0.25) is 12.1 Å². The Hall–Kier alpha value is -2.04. The third-order valence-electron chi connectivity index (χ3n) is 1.81. The Bertz CT molecular complexity index is 372. The van der Waals surface area contributed by atoms with Crippen molar-refractivity contribution >= 4 is 17.9 Å². The van der Waals surface area contributed by atoms with Crippen molar-refractivity contribution in [1.82, 2.24) is 5.43 Å². The van der Waals surface area contributed by atoms with Crippen molar-refractivity contribution in [2.45, 2.75) is 6.23 Å². The molecule has 1 aliphatic rings. The van der Waals surface area contributed by atoms with E-state index in [0.29, 0.717) is 17.9 Å². The highest BCUT2D eigenvalue weighted by Gasteiger charge is 2.18. The van der Waals surface area contributed by atoms with Crippen LogP contribution in [-0.4, -0.2) is 18.4 Å². The lowest BCUT2D eigenvalue weighted by molar-refractivity contribution is -0.114. The molecule has 1 atom stereocenters. The number of aldehydes is 1. The van der Waals surface area contributed by atoms with E-state index in [1.807, 2.05) is 0 Å². The van der Waals surface area contributed by atoms with Crippen LogP contribution in [0.3, 0.4) is 0 Å². The summed E-state index contributed by atoms with van der Waals surface area (Å²) >= 11 is 0. The summed E-state index contributed by atoms with van der Waals surface area (Å²) in [6.07, 6.45) is -0.0316. The van der Waals surface area contributed by atoms with Crippen LogP contribution in [0.25, 0.3) is 0 Å². The van der Waals surface area contributed by atoms with Gasteiger partial charge in [0.05, 0.1) is 0 Å². The standard InChI is InChI=1S/C9H9N3O2/c10-7-3-1-6(2-4-7)9-12-11-8(5-13)14-9/h1-5,8,11H,10H2. The van der Waals surface area contributed by atoms with E-state index < -0.39 is 6.23 Å². The van der Waals surface area contributed by atoms with Gasteiger partial charge in [0.1, 0.15) is 0 Å². The van der Waals surface area contributed by atoms with Crippen molar-refractivity contribution in [3.8, 4) is 0 Å². The fourth-order valence-corrected chi connectivity index (χ4v) is 1.11. The maximum atomic E-state index is 10.4. The van der Waals surface area contributed by atoms with Crippen molar-refractivity contribution < 1.29 is 9.53 Å². The van der Waals surface area contributed by atoms with Gasteiger partial charge in [-0.15, -0.1) is 5.10 Å². The van der Waals surface area contributed by atoms with Crippen LogP contribution < -0.4 is 11.2 Å². The first-order chi connectivity index (χ1) is 6.79. The zero-order valence-corrected chi connectivity index (χ0v) is 7.31. The van der Waals surface area contributed by atoms with Crippen molar-refractivity contribution in [2.75, 3.05) is 5.73 Å². The van der Waals surface area contributed by atoms with E-state index in [0.717, 1.165) is 5.56 Å². The third kappa shape index (κ3) is 1.52. The molecule has 1 unspecified atom stereocenters. The van der Waals surface area contributed by atoms with Crippen LogP contribution in [-0.2, 0) is 9.53 Å². The van der Waals surface area contributed by atoms with E-state index in [1.165, 1.54) is 0 Å². The molecule has 0 aliphatic carbocycles. The highest BCUT2D eigenvalue weighted by atomic mass is 16.5. The Kier molecular flexibility index (Phi) is 2.06. The normalized spacial score (nSPS) is 19.4. The second-order valence-corrected chi connectivity index (χ2v) is 2.84. The predicted molar refractivity (Wildman–Crippen MR) is 51.5 cm³/mol. The highest BCUT2D eigenvalue weighted by molar-refractivity contribution is 5.96. The largest absolute Gasteiger partial charge is 0.444 e. The summed E-state index contributed by atoms with van der Waals surface area (Å²) in [5.74, 6) is 0.405. The summed E-state index contributed by atoms with van der Waals surface area (Å²) in [5, 5.41) is 3.86. The second-order valence-electron chi connectivity index (χ2n) is 2.84. The molecule has 1 heterocycles. The Balaban J connectivity index is 2.17. The van der Waals surface area contributed by atoms with Crippen molar-refractivity contribution in [1.29, 1.82) is 0 Å². The van der Waals surface area contributed by atoms with Gasteiger partial charge in [-0.05, 0) is 24.3 Å². The number of nitrogen functional groups attached to an aromatic ring is 1. The highest BCUT2D eigenvalue weighted by Crippen LogP contribution is 2.10. The van der Waals surface area contributed by atoms with Gasteiger partial charge < -0.3 is 10.5 Å². The quantitative estimate of drug-likeness (QED) is 0.512. The van der Waals surface area contributed by atoms with Crippen LogP contribution in [0.1, 0.15) is 5.56 Å². The van der Waals surface area contributed by atoms with Crippen LogP contribution >= 0.6 is 0 Å². The van der Waals surface area contributed by atoms with Gasteiger partial charge in [0.25, 0.3) is 0 Å². The minimum atomic E-state index is -0.678. The molecule has 0 saturated heterocycles. The third-order valence-corrected chi connectivity index (χ3v) is 1.81. The maximum absolute atomic E-state index is 10.4. The average Bonchev–Trinajstić information content (AvgIpc) is 2.67. The van der Waals surface area contributed by atoms with Gasteiger partial charge in [0, 0.05) is 11.3 Å². The van der Waals surface area contributed by atoms with E-state index in [9.17, 15) is 4.79 Å². The van der Waals surface area contributed by atoms with Gasteiger partial charge in [-0.2, -0.15) is 0 Å². The molecule has 2 rings (SSSR count). The Morgan fingerprint density at radius 1 is 1.43 bits per heavy atom. The summed E-state index contributed by atoms with van der Waals surface area (Å²) in [5.41, 5.74) is 9.52. The summed E-state index contributed by atoms with van der Waals surface area (Å²) in [7, 11) is 0. The van der Waals surface area contributed by atoms with E-state index in [1.54, 1.807) is 24.3 Å². The van der Waals surface area contributed by atoms with Crippen LogP contribution in [0.5, 0.6) is 0 Å². The summed E-state index contributed by atoms with van der Waals surface area (Å²) in [6.45, 7) is 0. The lowest BCUT2D eigenvalue weighted by atomic mass is 10.2. The molecule has 5 heteroatoms. The lowest BCUT2D eigenvalue weighted by Gasteiger charge is -2.03. The molecule has 0 aromatic heterocycles. The van der Waals surface area contributed by atoms with Crippen molar-refractivity contribution in [3.63, 3.8) is 0 Å². The molecule has 72 valence electrons. The molecule has 14 heavy (non-hydrogen) atoms. The number of carbonyl (C=O) groups is 1. The number of anilines is 1. The van der Waals surface area contributed by atoms with Crippen molar-refractivity contribution in [3.05, 3.63) is 29.8 Å². The number of carbonyl (C=O) groups excluding carboxylic acids is 1. The first-order valence-corrected chi connectivity index (χ1v) is 4.10. The Morgan fingerprint density at radius 3 is 2.71 bits per heavy atom. The molecule has 1 aromatic carbocycles. The van der Waals surface area contributed by atoms with Crippen molar-refractivity contribution in [2.24, 2.45) is 5.10 Å². The van der Waals surface area contributed by atoms with E-state index in [2.05, 4.69) is 10.5 Å². The summed E-state index contributed by atoms with van der Waals surface area (Å²) in [4.78, 5) is 10.4. The first-order valence-electron chi connectivity index (χ1n) is 4.10. The minimum absolute atomic E-state index is 0.405. The zero-order valence-electron chi connectivity index (χ0n) is 7.31. The van der Waals surface area contributed by atoms with Crippen LogP contribution in [0, 0.1) is 0 Å². The van der Waals surface area contributed by atoms with Crippen LogP contribution in [0.2, 0.25) is 0 Å². The fraction of sp³-hybridized carbons (Fsp3) is 0.111. The Morgan fingerprint density at radius 2 is 2.14 bits per heavy atom. The van der Waals surface area contributed by atoms with Gasteiger partial charge >= 0.3 is 0 Å². The number of hydrazone groups is 1. The maximum Gasteiger partial charge on any atom is 0.242 e. The molecule has 0 amide bonds. The number of benzene rings is 1. The molecular weight excluding hydrogens is 182 g/mol. The lowest BCUT2D eigenvalue weighted by Crippen LogP contribution is -2.23. The number of ether oxygens (including phenoxy) is 1. The molecule has 0 bridgehead atoms. The van der Waals surface area contributed by atoms with Gasteiger partial charge in [-0.25, -0.2) is 0 Å². The fourth-order valence-electron chi connectivity index (χ4n) is 1.11. The molecule has 3 N–H and O–H groups in total. The van der Waals surface area contributed by atoms with Crippen LogP contribution in [0.4, 0.5) is 5.69 Å². The molecular formula is C9H9N3O2. The van der Waals surface area contributed by atoms with Gasteiger partial charge in [0.15, 0.2) is 6.29 Å². The van der Waals surface area contributed by atoms with Gasteiger partial charge in [-0.3, -0.25) is 10.2 Å². The number of nitrogens with one attached hydrogen (secondary N) is 1. The van der Waals surface area contributed by atoms with Gasteiger partial charge in [-0.1, -0.05) is 0 Å². The molecule has 0 radical (unpaired) electrons. The molecule has 1 aliphatic heterocycles. The topological polar surface area (TPSA) is 76.7 Å². The molecule has 5 nitrogen and oxygen atoms in total. The number of nitrogens with two attached hydrogens (primary N) is 1.